The minimum atomic E-state index is -0.595. The average molecular weight is 339 g/mol. The largest absolute Gasteiger partial charge is 0.465 e. The summed E-state index contributed by atoms with van der Waals surface area (Å²) in [6.07, 6.45) is 2.38. The van der Waals surface area contributed by atoms with Gasteiger partial charge in [0.05, 0.1) is 30.1 Å². The fourth-order valence-corrected chi connectivity index (χ4v) is 3.50. The Morgan fingerprint density at radius 3 is 2.52 bits per heavy atom. The Kier molecular flexibility index (Phi) is 6.98. The van der Waals surface area contributed by atoms with Crippen molar-refractivity contribution in [2.24, 2.45) is 5.92 Å². The van der Waals surface area contributed by atoms with Crippen molar-refractivity contribution in [3.63, 3.8) is 0 Å². The molecule has 0 amide bonds. The molecule has 5 nitrogen and oxygen atoms in total. The molecule has 1 saturated heterocycles. The summed E-state index contributed by atoms with van der Waals surface area (Å²) in [6.45, 7) is 4.36. The zero-order chi connectivity index (χ0) is 18.1. The summed E-state index contributed by atoms with van der Waals surface area (Å²) in [6, 6.07) is 14.3. The van der Waals surface area contributed by atoms with Gasteiger partial charge in [-0.2, -0.15) is 10.5 Å². The molecule has 2 rings (SSSR count). The van der Waals surface area contributed by atoms with Gasteiger partial charge < -0.3 is 9.64 Å². The summed E-state index contributed by atoms with van der Waals surface area (Å²) in [5.41, 5.74) is 0.414. The van der Waals surface area contributed by atoms with Crippen LogP contribution in [-0.4, -0.2) is 37.1 Å². The Bertz CT molecular complexity index is 637. The van der Waals surface area contributed by atoms with Gasteiger partial charge in [0.15, 0.2) is 0 Å². The Hall–Kier alpha value is -2.37. The molecule has 1 unspecified atom stereocenters. The van der Waals surface area contributed by atoms with E-state index in [1.54, 1.807) is 0 Å². The molecule has 1 heterocycles. The number of esters is 1. The fraction of sp³-hybridized carbons (Fsp3) is 0.550. The van der Waals surface area contributed by atoms with E-state index in [4.69, 9.17) is 10.00 Å². The summed E-state index contributed by atoms with van der Waals surface area (Å²) >= 11 is 0. The van der Waals surface area contributed by atoms with E-state index >= 15 is 0 Å². The van der Waals surface area contributed by atoms with Crippen molar-refractivity contribution in [1.82, 2.24) is 4.90 Å². The zero-order valence-corrected chi connectivity index (χ0v) is 14.8. The van der Waals surface area contributed by atoms with Gasteiger partial charge in [-0.1, -0.05) is 30.3 Å². The second-order valence-corrected chi connectivity index (χ2v) is 6.49. The summed E-state index contributed by atoms with van der Waals surface area (Å²) < 4.78 is 5.38. The molecule has 1 aliphatic rings. The standard InChI is InChI=1S/C20H25N3O2/c1-2-25-19(24)20(18-8-4-3-5-9-18)10-13-23(14-11-20)16-17(15-22)7-6-12-21/h3-5,8-9,17H,2,6-7,10-11,13-14,16H2,1H3. The Morgan fingerprint density at radius 1 is 1.28 bits per heavy atom. The lowest BCUT2D eigenvalue weighted by Gasteiger charge is -2.40. The van der Waals surface area contributed by atoms with Gasteiger partial charge in [-0.3, -0.25) is 4.79 Å². The van der Waals surface area contributed by atoms with Crippen LogP contribution in [0.25, 0.3) is 0 Å². The lowest BCUT2D eigenvalue weighted by Crippen LogP contribution is -2.49. The number of piperidine rings is 1. The van der Waals surface area contributed by atoms with Gasteiger partial charge >= 0.3 is 5.97 Å². The van der Waals surface area contributed by atoms with Crippen LogP contribution in [0.5, 0.6) is 0 Å². The highest BCUT2D eigenvalue weighted by atomic mass is 16.5. The number of ether oxygens (including phenoxy) is 1. The van der Waals surface area contributed by atoms with Gasteiger partial charge in [0.1, 0.15) is 0 Å². The summed E-state index contributed by atoms with van der Waals surface area (Å²) in [7, 11) is 0. The van der Waals surface area contributed by atoms with Crippen LogP contribution in [0, 0.1) is 28.6 Å². The van der Waals surface area contributed by atoms with E-state index in [0.29, 0.717) is 38.8 Å². The van der Waals surface area contributed by atoms with Crippen LogP contribution in [0.15, 0.2) is 30.3 Å². The van der Waals surface area contributed by atoms with E-state index in [9.17, 15) is 10.1 Å². The minimum absolute atomic E-state index is 0.133. The zero-order valence-electron chi connectivity index (χ0n) is 14.8. The lowest BCUT2D eigenvalue weighted by molar-refractivity contribution is -0.152. The van der Waals surface area contributed by atoms with Crippen LogP contribution in [0.1, 0.15) is 38.2 Å². The van der Waals surface area contributed by atoms with Crippen LogP contribution >= 0.6 is 0 Å². The molecule has 25 heavy (non-hydrogen) atoms. The second kappa shape index (κ2) is 9.20. The average Bonchev–Trinajstić information content (AvgIpc) is 2.66. The molecule has 0 spiro atoms. The maximum absolute atomic E-state index is 12.7. The number of rotatable bonds is 7. The molecule has 5 heteroatoms. The number of carbonyl (C=O) groups is 1. The molecule has 1 atom stereocenters. The van der Waals surface area contributed by atoms with E-state index in [1.807, 2.05) is 37.3 Å². The molecular formula is C20H25N3O2. The molecule has 0 saturated carbocycles. The first-order valence-corrected chi connectivity index (χ1v) is 8.88. The molecule has 0 bridgehead atoms. The highest BCUT2D eigenvalue weighted by molar-refractivity contribution is 5.83. The van der Waals surface area contributed by atoms with Crippen LogP contribution in [0.3, 0.4) is 0 Å². The van der Waals surface area contributed by atoms with Gasteiger partial charge in [-0.05, 0) is 44.8 Å². The van der Waals surface area contributed by atoms with Crippen molar-refractivity contribution >= 4 is 5.97 Å². The molecule has 0 aliphatic carbocycles. The van der Waals surface area contributed by atoms with E-state index in [2.05, 4.69) is 17.0 Å². The molecule has 1 aromatic rings. The number of hydrogen-bond donors (Lipinski definition) is 0. The quantitative estimate of drug-likeness (QED) is 0.714. The first kappa shape index (κ1) is 19.0. The van der Waals surface area contributed by atoms with Crippen LogP contribution in [-0.2, 0) is 14.9 Å². The Labute approximate surface area is 149 Å². The van der Waals surface area contributed by atoms with Crippen LogP contribution < -0.4 is 0 Å². The third-order valence-electron chi connectivity index (χ3n) is 4.97. The molecule has 1 aromatic carbocycles. The lowest BCUT2D eigenvalue weighted by atomic mass is 9.72. The van der Waals surface area contributed by atoms with Crippen molar-refractivity contribution in [2.75, 3.05) is 26.2 Å². The van der Waals surface area contributed by atoms with Gasteiger partial charge in [-0.15, -0.1) is 0 Å². The predicted octanol–water partition coefficient (Wildman–Crippen LogP) is 3.03. The Balaban J connectivity index is 2.08. The molecule has 1 fully saturated rings. The van der Waals surface area contributed by atoms with Crippen LogP contribution in [0.2, 0.25) is 0 Å². The molecule has 0 N–H and O–H groups in total. The maximum atomic E-state index is 12.7. The van der Waals surface area contributed by atoms with E-state index in [1.165, 1.54) is 0 Å². The molecule has 1 aliphatic heterocycles. The minimum Gasteiger partial charge on any atom is -0.465 e. The van der Waals surface area contributed by atoms with E-state index in [0.717, 1.165) is 18.7 Å². The maximum Gasteiger partial charge on any atom is 0.316 e. The molecular weight excluding hydrogens is 314 g/mol. The summed E-state index contributed by atoms with van der Waals surface area (Å²) in [4.78, 5) is 14.9. The SMILES string of the molecule is CCOC(=O)C1(c2ccccc2)CCN(CC(C#N)CCC#N)CC1. The highest BCUT2D eigenvalue weighted by Gasteiger charge is 2.44. The number of nitrogens with zero attached hydrogens (tertiary/aromatic N) is 3. The third-order valence-corrected chi connectivity index (χ3v) is 4.97. The molecule has 0 aromatic heterocycles. The number of benzene rings is 1. The van der Waals surface area contributed by atoms with Gasteiger partial charge in [0.2, 0.25) is 0 Å². The first-order chi connectivity index (χ1) is 12.2. The van der Waals surface area contributed by atoms with Crippen molar-refractivity contribution < 1.29 is 9.53 Å². The normalized spacial score (nSPS) is 17.9. The van der Waals surface area contributed by atoms with Crippen molar-refractivity contribution in [2.45, 2.75) is 38.0 Å². The summed E-state index contributed by atoms with van der Waals surface area (Å²) in [5, 5.41) is 18.0. The second-order valence-electron chi connectivity index (χ2n) is 6.49. The number of carbonyl (C=O) groups excluding carboxylic acids is 1. The summed E-state index contributed by atoms with van der Waals surface area (Å²) in [5.74, 6) is -0.284. The number of likely N-dealkylation sites (tertiary alicyclic amines) is 1. The monoisotopic (exact) mass is 339 g/mol. The Morgan fingerprint density at radius 2 is 1.96 bits per heavy atom. The van der Waals surface area contributed by atoms with E-state index in [-0.39, 0.29) is 11.9 Å². The smallest absolute Gasteiger partial charge is 0.316 e. The van der Waals surface area contributed by atoms with Crippen molar-refractivity contribution in [1.29, 1.82) is 10.5 Å². The van der Waals surface area contributed by atoms with Crippen molar-refractivity contribution in [3.8, 4) is 12.1 Å². The predicted molar refractivity (Wildman–Crippen MR) is 94.4 cm³/mol. The molecule has 0 radical (unpaired) electrons. The van der Waals surface area contributed by atoms with Crippen LogP contribution in [0.4, 0.5) is 0 Å². The molecule has 132 valence electrons. The first-order valence-electron chi connectivity index (χ1n) is 8.88. The number of nitriles is 2. The van der Waals surface area contributed by atoms with Gasteiger partial charge in [-0.25, -0.2) is 0 Å². The highest BCUT2D eigenvalue weighted by Crippen LogP contribution is 2.37. The van der Waals surface area contributed by atoms with Crippen molar-refractivity contribution in [3.05, 3.63) is 35.9 Å². The fourth-order valence-electron chi connectivity index (χ4n) is 3.50. The number of hydrogen-bond acceptors (Lipinski definition) is 5. The third kappa shape index (κ3) is 4.59. The topological polar surface area (TPSA) is 77.1 Å². The van der Waals surface area contributed by atoms with Gasteiger partial charge in [0, 0.05) is 13.0 Å². The van der Waals surface area contributed by atoms with Gasteiger partial charge in [0.25, 0.3) is 0 Å². The van der Waals surface area contributed by atoms with E-state index < -0.39 is 5.41 Å².